The van der Waals surface area contributed by atoms with Crippen molar-refractivity contribution >= 4 is 23.1 Å². The highest BCUT2D eigenvalue weighted by Crippen LogP contribution is 2.42. The number of nitrogens with zero attached hydrogens (tertiary/aromatic N) is 3. The summed E-state index contributed by atoms with van der Waals surface area (Å²) in [6, 6.07) is 15.4. The van der Waals surface area contributed by atoms with Crippen molar-refractivity contribution in [3.05, 3.63) is 89.3 Å². The van der Waals surface area contributed by atoms with Crippen LogP contribution in [0, 0.1) is 0 Å². The number of pyridine rings is 1. The number of carbonyl (C=O) groups excluding carboxylic acids is 2. The maximum atomic E-state index is 13.3. The minimum atomic E-state index is -0.757. The smallest absolute Gasteiger partial charge is 0.295 e. The van der Waals surface area contributed by atoms with Gasteiger partial charge < -0.3 is 24.4 Å². The van der Waals surface area contributed by atoms with Crippen LogP contribution in [0.25, 0.3) is 5.76 Å². The van der Waals surface area contributed by atoms with Gasteiger partial charge in [-0.3, -0.25) is 14.6 Å². The third kappa shape index (κ3) is 4.19. The number of likely N-dealkylation sites (tertiary alicyclic amines) is 1. The number of aromatic nitrogens is 1. The average Bonchev–Trinajstić information content (AvgIpc) is 3.13. The highest BCUT2D eigenvalue weighted by atomic mass is 16.6. The van der Waals surface area contributed by atoms with Gasteiger partial charge >= 0.3 is 0 Å². The molecule has 1 unspecified atom stereocenters. The van der Waals surface area contributed by atoms with E-state index in [0.717, 1.165) is 16.8 Å². The Morgan fingerprint density at radius 2 is 1.69 bits per heavy atom. The number of Topliss-reactive ketones (excluding diaryl/α,β-unsaturated/α-hetero) is 1. The lowest BCUT2D eigenvalue weighted by atomic mass is 9.94. The van der Waals surface area contributed by atoms with Crippen LogP contribution in [0.5, 0.6) is 11.5 Å². The number of aliphatic hydroxyl groups excluding tert-OH is 1. The average molecular weight is 472 g/mol. The molecule has 0 aliphatic carbocycles. The molecule has 1 amide bonds. The fourth-order valence-electron chi connectivity index (χ4n) is 4.38. The van der Waals surface area contributed by atoms with Crippen molar-refractivity contribution in [3.63, 3.8) is 0 Å². The topological polar surface area (TPSA) is 92.2 Å². The first-order valence-electron chi connectivity index (χ1n) is 11.3. The molecule has 0 saturated carbocycles. The Hall–Kier alpha value is -4.33. The molecule has 0 spiro atoms. The molecule has 1 atom stereocenters. The Kier molecular flexibility index (Phi) is 5.86. The monoisotopic (exact) mass is 471 g/mol. The number of fused-ring (bicyclic) bond motifs is 1. The van der Waals surface area contributed by atoms with Gasteiger partial charge in [0, 0.05) is 44.3 Å². The maximum absolute atomic E-state index is 13.3. The van der Waals surface area contributed by atoms with Crippen molar-refractivity contribution in [1.29, 1.82) is 0 Å². The van der Waals surface area contributed by atoms with Crippen LogP contribution in [0.4, 0.5) is 5.69 Å². The van der Waals surface area contributed by atoms with Crippen LogP contribution in [0.2, 0.25) is 0 Å². The predicted molar refractivity (Wildman–Crippen MR) is 130 cm³/mol. The molecule has 8 heteroatoms. The predicted octanol–water partition coefficient (Wildman–Crippen LogP) is 3.54. The van der Waals surface area contributed by atoms with Crippen molar-refractivity contribution in [1.82, 2.24) is 9.88 Å². The normalized spacial score (nSPS) is 18.6. The van der Waals surface area contributed by atoms with E-state index >= 15 is 0 Å². The number of hydrogen-bond donors (Lipinski definition) is 1. The summed E-state index contributed by atoms with van der Waals surface area (Å²) < 4.78 is 11.2. The Balaban J connectivity index is 1.62. The van der Waals surface area contributed by atoms with Crippen molar-refractivity contribution in [3.8, 4) is 11.5 Å². The van der Waals surface area contributed by atoms with E-state index in [1.807, 2.05) is 43.3 Å². The molecule has 8 nitrogen and oxygen atoms in total. The molecule has 35 heavy (non-hydrogen) atoms. The Labute approximate surface area is 203 Å². The van der Waals surface area contributed by atoms with Gasteiger partial charge in [-0.1, -0.05) is 12.1 Å². The molecule has 2 aliphatic heterocycles. The summed E-state index contributed by atoms with van der Waals surface area (Å²) in [6.45, 7) is 1.04. The van der Waals surface area contributed by atoms with Crippen molar-refractivity contribution in [2.75, 3.05) is 32.2 Å². The van der Waals surface area contributed by atoms with E-state index in [4.69, 9.17) is 9.47 Å². The van der Waals surface area contributed by atoms with E-state index in [0.29, 0.717) is 30.3 Å². The minimum absolute atomic E-state index is 0.0401. The Morgan fingerprint density at radius 1 is 1.00 bits per heavy atom. The van der Waals surface area contributed by atoms with E-state index in [2.05, 4.69) is 4.98 Å². The van der Waals surface area contributed by atoms with Gasteiger partial charge in [-0.05, 0) is 53.6 Å². The fourth-order valence-corrected chi connectivity index (χ4v) is 4.38. The first-order chi connectivity index (χ1) is 16.9. The Bertz CT molecular complexity index is 1300. The number of anilines is 1. The number of aliphatic hydroxyl groups is 1. The van der Waals surface area contributed by atoms with E-state index in [1.165, 1.54) is 4.90 Å². The lowest BCUT2D eigenvalue weighted by Gasteiger charge is -2.26. The number of ketones is 1. The fraction of sp³-hybridized carbons (Fsp3) is 0.222. The number of carbonyl (C=O) groups is 2. The van der Waals surface area contributed by atoms with Crippen LogP contribution in [-0.4, -0.2) is 54.0 Å². The second kappa shape index (κ2) is 9.13. The van der Waals surface area contributed by atoms with E-state index in [9.17, 15) is 14.7 Å². The van der Waals surface area contributed by atoms with Crippen LogP contribution < -0.4 is 14.4 Å². The van der Waals surface area contributed by atoms with Gasteiger partial charge in [-0.15, -0.1) is 0 Å². The molecule has 1 fully saturated rings. The van der Waals surface area contributed by atoms with Gasteiger partial charge in [0.05, 0.1) is 11.6 Å². The third-order valence-corrected chi connectivity index (χ3v) is 6.18. The molecule has 0 bridgehead atoms. The molecular weight excluding hydrogens is 446 g/mol. The maximum Gasteiger partial charge on any atom is 0.295 e. The standard InChI is InChI=1S/C27H25N3O5/c1-29(2)20-6-3-18(4-7-20)24-23(25(31)19-5-8-21-22(15-19)35-14-13-34-21)26(32)27(33)30(24)16-17-9-11-28-12-10-17/h3-12,15,24,31H,13-14,16H2,1-2H3/b25-23-. The zero-order chi connectivity index (χ0) is 24.5. The van der Waals surface area contributed by atoms with Crippen LogP contribution in [0.1, 0.15) is 22.7 Å². The molecule has 178 valence electrons. The number of ether oxygens (including phenoxy) is 2. The summed E-state index contributed by atoms with van der Waals surface area (Å²) >= 11 is 0. The lowest BCUT2D eigenvalue weighted by Crippen LogP contribution is -2.29. The molecule has 1 N–H and O–H groups in total. The first-order valence-corrected chi connectivity index (χ1v) is 11.3. The highest BCUT2D eigenvalue weighted by molar-refractivity contribution is 6.46. The van der Waals surface area contributed by atoms with Crippen molar-refractivity contribution in [2.24, 2.45) is 0 Å². The summed E-state index contributed by atoms with van der Waals surface area (Å²) in [5.41, 5.74) is 2.95. The van der Waals surface area contributed by atoms with Gasteiger partial charge in [0.15, 0.2) is 11.5 Å². The highest BCUT2D eigenvalue weighted by Gasteiger charge is 2.46. The second-order valence-electron chi connectivity index (χ2n) is 8.63. The molecule has 3 heterocycles. The molecular formula is C27H25N3O5. The SMILES string of the molecule is CN(C)c1ccc(C2/C(=C(/O)c3ccc4c(c3)OCCO4)C(=O)C(=O)N2Cc2ccncc2)cc1. The van der Waals surface area contributed by atoms with Crippen LogP contribution in [0.15, 0.2) is 72.6 Å². The van der Waals surface area contributed by atoms with E-state index in [-0.39, 0.29) is 17.9 Å². The molecule has 1 saturated heterocycles. The number of benzene rings is 2. The van der Waals surface area contributed by atoms with Gasteiger partial charge in [0.25, 0.3) is 11.7 Å². The van der Waals surface area contributed by atoms with Gasteiger partial charge in [0.1, 0.15) is 19.0 Å². The van der Waals surface area contributed by atoms with Crippen molar-refractivity contribution in [2.45, 2.75) is 12.6 Å². The largest absolute Gasteiger partial charge is 0.507 e. The second-order valence-corrected chi connectivity index (χ2v) is 8.63. The van der Waals surface area contributed by atoms with Gasteiger partial charge in [-0.25, -0.2) is 0 Å². The number of hydrogen-bond acceptors (Lipinski definition) is 7. The molecule has 1 aromatic heterocycles. The number of rotatable bonds is 5. The minimum Gasteiger partial charge on any atom is -0.507 e. The Morgan fingerprint density at radius 3 is 2.37 bits per heavy atom. The zero-order valence-electron chi connectivity index (χ0n) is 19.5. The molecule has 2 aromatic carbocycles. The number of amides is 1. The lowest BCUT2D eigenvalue weighted by molar-refractivity contribution is -0.140. The molecule has 5 rings (SSSR count). The summed E-state index contributed by atoms with van der Waals surface area (Å²) in [4.78, 5) is 34.0. The molecule has 2 aliphatic rings. The summed E-state index contributed by atoms with van der Waals surface area (Å²) in [6.07, 6.45) is 3.28. The van der Waals surface area contributed by atoms with Crippen LogP contribution in [-0.2, 0) is 16.1 Å². The molecule has 0 radical (unpaired) electrons. The van der Waals surface area contributed by atoms with Crippen LogP contribution >= 0.6 is 0 Å². The van der Waals surface area contributed by atoms with Gasteiger partial charge in [0.2, 0.25) is 0 Å². The zero-order valence-corrected chi connectivity index (χ0v) is 19.5. The summed E-state index contributed by atoms with van der Waals surface area (Å²) in [5.74, 6) is -0.588. The van der Waals surface area contributed by atoms with Crippen molar-refractivity contribution < 1.29 is 24.2 Å². The van der Waals surface area contributed by atoms with Gasteiger partial charge in [-0.2, -0.15) is 0 Å². The summed E-state index contributed by atoms with van der Waals surface area (Å²) in [7, 11) is 3.87. The quantitative estimate of drug-likeness (QED) is 0.346. The first kappa shape index (κ1) is 22.5. The van der Waals surface area contributed by atoms with E-state index < -0.39 is 17.7 Å². The van der Waals surface area contributed by atoms with E-state index in [1.54, 1.807) is 42.7 Å². The molecule has 3 aromatic rings. The summed E-state index contributed by atoms with van der Waals surface area (Å²) in [5, 5.41) is 11.3. The van der Waals surface area contributed by atoms with Crippen LogP contribution in [0.3, 0.4) is 0 Å². The third-order valence-electron chi connectivity index (χ3n) is 6.18.